The van der Waals surface area contributed by atoms with E-state index >= 15 is 0 Å². The number of nitriles is 1. The number of aromatic nitrogens is 3. The Morgan fingerprint density at radius 1 is 1.26 bits per heavy atom. The molecule has 13 heteroatoms. The lowest BCUT2D eigenvalue weighted by molar-refractivity contribution is -0.173. The summed E-state index contributed by atoms with van der Waals surface area (Å²) in [5, 5.41) is 17.7. The molecule has 0 aliphatic carbocycles. The van der Waals surface area contributed by atoms with E-state index in [0.717, 1.165) is 0 Å². The zero-order valence-electron chi connectivity index (χ0n) is 21.6. The number of H-pyrrole nitrogens is 1. The Bertz CT molecular complexity index is 1430. The normalized spacial score (nSPS) is 19.7. The zero-order valence-corrected chi connectivity index (χ0v) is 21.6. The first-order valence-electron chi connectivity index (χ1n) is 12.3. The lowest BCUT2D eigenvalue weighted by atomic mass is 9.92. The van der Waals surface area contributed by atoms with Crippen molar-refractivity contribution in [3.63, 3.8) is 0 Å². The molecule has 2 aromatic heterocycles. The Morgan fingerprint density at radius 3 is 2.51 bits per heavy atom. The summed E-state index contributed by atoms with van der Waals surface area (Å²) >= 11 is 0. The molecule has 39 heavy (non-hydrogen) atoms. The number of nitrogens with two attached hydrogens (primary N) is 1. The largest absolute Gasteiger partial charge is 0.458 e. The summed E-state index contributed by atoms with van der Waals surface area (Å²) in [5.41, 5.74) is 4.80. The van der Waals surface area contributed by atoms with Gasteiger partial charge in [-0.15, -0.1) is 0 Å². The van der Waals surface area contributed by atoms with Gasteiger partial charge in [-0.3, -0.25) is 4.79 Å². The Kier molecular flexibility index (Phi) is 7.72. The van der Waals surface area contributed by atoms with Crippen molar-refractivity contribution in [2.45, 2.75) is 63.6 Å². The highest BCUT2D eigenvalue weighted by molar-refractivity contribution is 5.91. The summed E-state index contributed by atoms with van der Waals surface area (Å²) < 4.78 is 51.4. The molecule has 3 heterocycles. The number of anilines is 2. The minimum atomic E-state index is -4.58. The molecule has 4 N–H and O–H groups in total. The first kappa shape index (κ1) is 28.1. The van der Waals surface area contributed by atoms with E-state index in [4.69, 9.17) is 15.2 Å². The first-order valence-corrected chi connectivity index (χ1v) is 12.3. The predicted molar refractivity (Wildman–Crippen MR) is 136 cm³/mol. The van der Waals surface area contributed by atoms with Crippen LogP contribution in [0, 0.1) is 17.2 Å². The van der Waals surface area contributed by atoms with Crippen LogP contribution in [0.15, 0.2) is 41.3 Å². The molecular formula is C26H29F3N6O4. The average molecular weight is 547 g/mol. The number of carbonyl (C=O) groups excluding carboxylic acids is 1. The summed E-state index contributed by atoms with van der Waals surface area (Å²) in [4.78, 5) is 27.7. The van der Waals surface area contributed by atoms with Crippen molar-refractivity contribution in [2.75, 3.05) is 11.9 Å². The van der Waals surface area contributed by atoms with Gasteiger partial charge in [-0.25, -0.2) is 9.48 Å². The number of ether oxygens (including phenoxy) is 2. The number of alkyl halides is 3. The SMILES string of the molecule is CC(C)(C)OC(=O)[C@@H]1CC[C@H](C(C#N)n2nc(Nc3ccc(C(N)C(F)(F)F)cc3)c3c(=O)[nH]ccc32)CO1. The quantitative estimate of drug-likeness (QED) is 0.389. The molecule has 4 rings (SSSR count). The number of nitrogens with one attached hydrogen (secondary N) is 2. The van der Waals surface area contributed by atoms with Gasteiger partial charge in [-0.1, -0.05) is 12.1 Å². The van der Waals surface area contributed by atoms with E-state index in [0.29, 0.717) is 24.0 Å². The van der Waals surface area contributed by atoms with Gasteiger partial charge in [0.1, 0.15) is 23.1 Å². The zero-order chi connectivity index (χ0) is 28.5. The van der Waals surface area contributed by atoms with Crippen LogP contribution in [0.3, 0.4) is 0 Å². The maximum Gasteiger partial charge on any atom is 0.407 e. The van der Waals surface area contributed by atoms with Crippen molar-refractivity contribution in [3.05, 3.63) is 52.4 Å². The van der Waals surface area contributed by atoms with Crippen LogP contribution in [0.2, 0.25) is 0 Å². The van der Waals surface area contributed by atoms with Crippen LogP contribution in [0.1, 0.15) is 51.3 Å². The third kappa shape index (κ3) is 6.23. The van der Waals surface area contributed by atoms with Crippen molar-refractivity contribution in [2.24, 2.45) is 11.7 Å². The molecule has 0 spiro atoms. The van der Waals surface area contributed by atoms with Gasteiger partial charge >= 0.3 is 12.1 Å². The molecular weight excluding hydrogens is 517 g/mol. The highest BCUT2D eigenvalue weighted by Gasteiger charge is 2.38. The van der Waals surface area contributed by atoms with Gasteiger partial charge in [-0.2, -0.15) is 23.5 Å². The van der Waals surface area contributed by atoms with Crippen LogP contribution < -0.4 is 16.6 Å². The monoisotopic (exact) mass is 546 g/mol. The molecule has 208 valence electrons. The topological polar surface area (TPSA) is 148 Å². The first-order chi connectivity index (χ1) is 18.3. The second-order valence-electron chi connectivity index (χ2n) is 10.4. The number of benzene rings is 1. The van der Waals surface area contributed by atoms with Gasteiger partial charge in [0.15, 0.2) is 11.9 Å². The smallest absolute Gasteiger partial charge is 0.407 e. The van der Waals surface area contributed by atoms with E-state index in [1.807, 2.05) is 0 Å². The van der Waals surface area contributed by atoms with E-state index in [9.17, 15) is 28.0 Å². The standard InChI is InChI=1S/C26H29F3N6O4/c1-25(2,3)39-24(37)19-9-6-15(13-38-19)18(12-30)35-17-10-11-32-23(36)20(17)22(34-35)33-16-7-4-14(5-8-16)21(31)26(27,28)29/h4-5,7-8,10-11,15,18-19,21H,6,9,13,31H2,1-3H3,(H,32,36)(H,33,34)/t15-,18?,19-,21?/m0/s1. The number of esters is 1. The molecule has 0 radical (unpaired) electrons. The Hall–Kier alpha value is -3.89. The minimum Gasteiger partial charge on any atom is -0.458 e. The third-order valence-corrected chi connectivity index (χ3v) is 6.34. The van der Waals surface area contributed by atoms with Crippen LogP contribution in [0.5, 0.6) is 0 Å². The lowest BCUT2D eigenvalue weighted by Gasteiger charge is -2.32. The molecule has 1 aromatic carbocycles. The van der Waals surface area contributed by atoms with Crippen LogP contribution in [-0.4, -0.2) is 45.2 Å². The maximum absolute atomic E-state index is 12.9. The number of halogens is 3. The van der Waals surface area contributed by atoms with E-state index in [1.54, 1.807) is 26.8 Å². The van der Waals surface area contributed by atoms with Crippen molar-refractivity contribution in [1.82, 2.24) is 14.8 Å². The molecule has 1 aliphatic heterocycles. The number of carbonyl (C=O) groups is 1. The van der Waals surface area contributed by atoms with Crippen molar-refractivity contribution >= 4 is 28.4 Å². The highest BCUT2D eigenvalue weighted by Crippen LogP contribution is 2.34. The number of nitrogens with zero attached hydrogens (tertiary/aromatic N) is 3. The van der Waals surface area contributed by atoms with Gasteiger partial charge in [0, 0.05) is 17.8 Å². The van der Waals surface area contributed by atoms with Crippen LogP contribution in [-0.2, 0) is 14.3 Å². The molecule has 1 saturated heterocycles. The summed E-state index contributed by atoms with van der Waals surface area (Å²) in [5.74, 6) is -0.658. The van der Waals surface area contributed by atoms with Gasteiger partial charge in [-0.05, 0) is 57.4 Å². The molecule has 10 nitrogen and oxygen atoms in total. The molecule has 4 atom stereocenters. The number of aromatic amines is 1. The number of rotatable bonds is 6. The Balaban J connectivity index is 1.58. The van der Waals surface area contributed by atoms with Crippen molar-refractivity contribution < 1.29 is 27.4 Å². The number of hydrogen-bond acceptors (Lipinski definition) is 8. The maximum atomic E-state index is 12.9. The highest BCUT2D eigenvalue weighted by atomic mass is 19.4. The van der Waals surface area contributed by atoms with E-state index in [1.165, 1.54) is 35.1 Å². The molecule has 1 aliphatic rings. The second kappa shape index (κ2) is 10.7. The fraction of sp³-hybridized carbons (Fsp3) is 0.462. The molecule has 3 aromatic rings. The van der Waals surface area contributed by atoms with Crippen molar-refractivity contribution in [1.29, 1.82) is 5.26 Å². The summed E-state index contributed by atoms with van der Waals surface area (Å²) in [6, 6.07) is 6.17. The second-order valence-corrected chi connectivity index (χ2v) is 10.4. The number of hydrogen-bond donors (Lipinski definition) is 3. The fourth-order valence-electron chi connectivity index (χ4n) is 4.43. The lowest BCUT2D eigenvalue weighted by Crippen LogP contribution is -2.39. The Labute approximate surface area is 221 Å². The molecule has 2 unspecified atom stereocenters. The molecule has 0 bridgehead atoms. The number of fused-ring (bicyclic) bond motifs is 1. The predicted octanol–water partition coefficient (Wildman–Crippen LogP) is 4.23. The molecule has 0 amide bonds. The third-order valence-electron chi connectivity index (χ3n) is 6.34. The van der Waals surface area contributed by atoms with Gasteiger partial charge in [0.2, 0.25) is 0 Å². The van der Waals surface area contributed by atoms with Crippen LogP contribution in [0.4, 0.5) is 24.7 Å². The van der Waals surface area contributed by atoms with Crippen LogP contribution >= 0.6 is 0 Å². The summed E-state index contributed by atoms with van der Waals surface area (Å²) in [6.45, 7) is 5.41. The average Bonchev–Trinajstić information content (AvgIpc) is 3.22. The van der Waals surface area contributed by atoms with Gasteiger partial charge < -0.3 is 25.5 Å². The minimum absolute atomic E-state index is 0.108. The molecule has 0 saturated carbocycles. The summed E-state index contributed by atoms with van der Waals surface area (Å²) in [6.07, 6.45) is -3.04. The van der Waals surface area contributed by atoms with Crippen LogP contribution in [0.25, 0.3) is 10.9 Å². The molecule has 1 fully saturated rings. The van der Waals surface area contributed by atoms with Crippen molar-refractivity contribution in [3.8, 4) is 6.07 Å². The van der Waals surface area contributed by atoms with Gasteiger partial charge in [0.25, 0.3) is 5.56 Å². The van der Waals surface area contributed by atoms with E-state index in [2.05, 4.69) is 21.5 Å². The Morgan fingerprint density at radius 2 is 1.95 bits per heavy atom. The summed E-state index contributed by atoms with van der Waals surface area (Å²) in [7, 11) is 0. The van der Waals surface area contributed by atoms with Gasteiger partial charge in [0.05, 0.1) is 18.2 Å². The fourth-order valence-corrected chi connectivity index (χ4v) is 4.43. The van der Waals surface area contributed by atoms with E-state index < -0.39 is 41.5 Å². The van der Waals surface area contributed by atoms with E-state index in [-0.39, 0.29) is 29.3 Å². The number of pyridine rings is 1.